The number of rotatable bonds is 6. The molecule has 0 aromatic heterocycles. The second-order valence-corrected chi connectivity index (χ2v) is 7.39. The second-order valence-electron chi connectivity index (χ2n) is 7.39. The molecule has 0 spiro atoms. The molecule has 2 heteroatoms. The summed E-state index contributed by atoms with van der Waals surface area (Å²) in [5, 5.41) is 3.87. The van der Waals surface area contributed by atoms with Gasteiger partial charge in [-0.3, -0.25) is 4.90 Å². The van der Waals surface area contributed by atoms with Gasteiger partial charge in [0.05, 0.1) is 0 Å². The van der Waals surface area contributed by atoms with Crippen LogP contribution in [0, 0.1) is 5.92 Å². The molecule has 2 aliphatic rings. The lowest BCUT2D eigenvalue weighted by atomic mass is 9.96. The van der Waals surface area contributed by atoms with Crippen LogP contribution in [0.1, 0.15) is 84.5 Å². The van der Waals surface area contributed by atoms with Crippen LogP contribution in [0.2, 0.25) is 0 Å². The first-order chi connectivity index (χ1) is 10.3. The molecule has 0 aromatic carbocycles. The number of nitrogens with zero attached hydrogens (tertiary/aromatic N) is 1. The molecule has 1 aliphatic carbocycles. The minimum absolute atomic E-state index is 0.759. The van der Waals surface area contributed by atoms with Gasteiger partial charge in [0.15, 0.2) is 0 Å². The minimum Gasteiger partial charge on any atom is -0.312 e. The summed E-state index contributed by atoms with van der Waals surface area (Å²) in [6, 6.07) is 1.58. The highest BCUT2D eigenvalue weighted by Crippen LogP contribution is 2.28. The maximum Gasteiger partial charge on any atom is 0.0249 e. The van der Waals surface area contributed by atoms with Gasteiger partial charge in [0.25, 0.3) is 0 Å². The maximum atomic E-state index is 3.87. The Bertz CT molecular complexity index is 266. The average Bonchev–Trinajstić information content (AvgIpc) is 2.86. The first kappa shape index (κ1) is 17.3. The standard InChI is InChI=1S/C19H38N2/c1-3-9-17-10-8-15-21(16-13-17)19-12-7-5-6-11-18(19)20-14-4-2/h17-20H,3-16H2,1-2H3. The van der Waals surface area contributed by atoms with E-state index in [4.69, 9.17) is 0 Å². The summed E-state index contributed by atoms with van der Waals surface area (Å²) in [5.41, 5.74) is 0. The summed E-state index contributed by atoms with van der Waals surface area (Å²) in [5.74, 6) is 1.01. The summed E-state index contributed by atoms with van der Waals surface area (Å²) < 4.78 is 0. The molecule has 0 amide bonds. The number of nitrogens with one attached hydrogen (secondary N) is 1. The second kappa shape index (κ2) is 9.84. The fourth-order valence-electron chi connectivity index (χ4n) is 4.51. The Morgan fingerprint density at radius 2 is 1.71 bits per heavy atom. The van der Waals surface area contributed by atoms with Gasteiger partial charge in [0.1, 0.15) is 0 Å². The molecule has 1 heterocycles. The van der Waals surface area contributed by atoms with Gasteiger partial charge in [0.2, 0.25) is 0 Å². The highest BCUT2D eigenvalue weighted by atomic mass is 15.2. The van der Waals surface area contributed by atoms with E-state index in [0.717, 1.165) is 18.0 Å². The van der Waals surface area contributed by atoms with Crippen LogP contribution < -0.4 is 5.32 Å². The predicted molar refractivity (Wildman–Crippen MR) is 92.8 cm³/mol. The van der Waals surface area contributed by atoms with Gasteiger partial charge in [-0.05, 0) is 64.1 Å². The number of hydrogen-bond donors (Lipinski definition) is 1. The molecule has 2 rings (SSSR count). The molecule has 3 unspecified atom stereocenters. The number of likely N-dealkylation sites (tertiary alicyclic amines) is 1. The average molecular weight is 295 g/mol. The van der Waals surface area contributed by atoms with E-state index in [0.29, 0.717) is 0 Å². The Labute approximate surface area is 133 Å². The third-order valence-corrected chi connectivity index (χ3v) is 5.68. The van der Waals surface area contributed by atoms with Gasteiger partial charge >= 0.3 is 0 Å². The van der Waals surface area contributed by atoms with E-state index in [1.54, 1.807) is 0 Å². The molecule has 0 bridgehead atoms. The smallest absolute Gasteiger partial charge is 0.0249 e. The normalized spacial score (nSPS) is 32.6. The summed E-state index contributed by atoms with van der Waals surface area (Å²) >= 11 is 0. The van der Waals surface area contributed by atoms with E-state index in [1.807, 2.05) is 0 Å². The van der Waals surface area contributed by atoms with E-state index >= 15 is 0 Å². The van der Waals surface area contributed by atoms with Crippen molar-refractivity contribution in [3.8, 4) is 0 Å². The zero-order valence-corrected chi connectivity index (χ0v) is 14.6. The van der Waals surface area contributed by atoms with E-state index < -0.39 is 0 Å². The van der Waals surface area contributed by atoms with Crippen LogP contribution in [0.15, 0.2) is 0 Å². The van der Waals surface area contributed by atoms with Crippen molar-refractivity contribution in [3.63, 3.8) is 0 Å². The fraction of sp³-hybridized carbons (Fsp3) is 1.00. The van der Waals surface area contributed by atoms with Crippen LogP contribution in [0.5, 0.6) is 0 Å². The molecular formula is C19H38N2. The quantitative estimate of drug-likeness (QED) is 0.721. The molecule has 1 N–H and O–H groups in total. The highest BCUT2D eigenvalue weighted by Gasteiger charge is 2.29. The molecular weight excluding hydrogens is 256 g/mol. The topological polar surface area (TPSA) is 15.3 Å². The zero-order chi connectivity index (χ0) is 14.9. The maximum absolute atomic E-state index is 3.87. The van der Waals surface area contributed by atoms with Gasteiger partial charge in [0, 0.05) is 12.1 Å². The Hall–Kier alpha value is -0.0800. The Morgan fingerprint density at radius 3 is 2.52 bits per heavy atom. The Balaban J connectivity index is 1.91. The van der Waals surface area contributed by atoms with Crippen LogP contribution >= 0.6 is 0 Å². The SMILES string of the molecule is CCCNC1CCCCCC1N1CCCC(CCC)CC1. The predicted octanol–water partition coefficient (Wildman–Crippen LogP) is 4.59. The monoisotopic (exact) mass is 294 g/mol. The van der Waals surface area contributed by atoms with E-state index in [9.17, 15) is 0 Å². The van der Waals surface area contributed by atoms with Crippen molar-refractivity contribution in [2.45, 2.75) is 96.6 Å². The van der Waals surface area contributed by atoms with Crippen LogP contribution in [0.4, 0.5) is 0 Å². The summed E-state index contributed by atoms with van der Waals surface area (Å²) in [7, 11) is 0. The number of hydrogen-bond acceptors (Lipinski definition) is 2. The first-order valence-electron chi connectivity index (χ1n) is 9.82. The summed E-state index contributed by atoms with van der Waals surface area (Å²) in [6.45, 7) is 8.56. The molecule has 124 valence electrons. The molecule has 2 fully saturated rings. The molecule has 21 heavy (non-hydrogen) atoms. The Morgan fingerprint density at radius 1 is 0.857 bits per heavy atom. The van der Waals surface area contributed by atoms with Gasteiger partial charge in [-0.1, -0.05) is 46.0 Å². The molecule has 3 atom stereocenters. The minimum atomic E-state index is 0.759. The van der Waals surface area contributed by atoms with Gasteiger partial charge < -0.3 is 5.32 Å². The lowest BCUT2D eigenvalue weighted by molar-refractivity contribution is 0.151. The molecule has 0 radical (unpaired) electrons. The van der Waals surface area contributed by atoms with Gasteiger partial charge in [-0.2, -0.15) is 0 Å². The van der Waals surface area contributed by atoms with Gasteiger partial charge in [-0.15, -0.1) is 0 Å². The zero-order valence-electron chi connectivity index (χ0n) is 14.6. The molecule has 1 saturated heterocycles. The van der Waals surface area contributed by atoms with Crippen molar-refractivity contribution >= 4 is 0 Å². The Kier molecular flexibility index (Phi) is 8.10. The van der Waals surface area contributed by atoms with Crippen molar-refractivity contribution in [1.82, 2.24) is 10.2 Å². The fourth-order valence-corrected chi connectivity index (χ4v) is 4.51. The van der Waals surface area contributed by atoms with E-state index in [1.165, 1.54) is 90.3 Å². The van der Waals surface area contributed by atoms with Crippen LogP contribution in [0.3, 0.4) is 0 Å². The van der Waals surface area contributed by atoms with E-state index in [-0.39, 0.29) is 0 Å². The molecule has 2 nitrogen and oxygen atoms in total. The molecule has 1 aliphatic heterocycles. The lowest BCUT2D eigenvalue weighted by Crippen LogP contribution is -2.50. The lowest BCUT2D eigenvalue weighted by Gasteiger charge is -2.36. The third-order valence-electron chi connectivity index (χ3n) is 5.68. The summed E-state index contributed by atoms with van der Waals surface area (Å²) in [6.07, 6.45) is 15.6. The van der Waals surface area contributed by atoms with Crippen LogP contribution in [-0.4, -0.2) is 36.6 Å². The largest absolute Gasteiger partial charge is 0.312 e. The van der Waals surface area contributed by atoms with Crippen molar-refractivity contribution in [2.24, 2.45) is 5.92 Å². The molecule has 0 aromatic rings. The third kappa shape index (κ3) is 5.56. The van der Waals surface area contributed by atoms with Crippen molar-refractivity contribution in [1.29, 1.82) is 0 Å². The highest BCUT2D eigenvalue weighted by molar-refractivity contribution is 4.88. The summed E-state index contributed by atoms with van der Waals surface area (Å²) in [4.78, 5) is 2.87. The first-order valence-corrected chi connectivity index (χ1v) is 9.82. The van der Waals surface area contributed by atoms with E-state index in [2.05, 4.69) is 24.1 Å². The van der Waals surface area contributed by atoms with Crippen molar-refractivity contribution in [3.05, 3.63) is 0 Å². The van der Waals surface area contributed by atoms with Gasteiger partial charge in [-0.25, -0.2) is 0 Å². The van der Waals surface area contributed by atoms with Crippen molar-refractivity contribution < 1.29 is 0 Å². The van der Waals surface area contributed by atoms with Crippen LogP contribution in [-0.2, 0) is 0 Å². The van der Waals surface area contributed by atoms with Crippen LogP contribution in [0.25, 0.3) is 0 Å². The molecule has 1 saturated carbocycles. The van der Waals surface area contributed by atoms with Crippen molar-refractivity contribution in [2.75, 3.05) is 19.6 Å².